The predicted molar refractivity (Wildman–Crippen MR) is 86.1 cm³/mol. The van der Waals surface area contributed by atoms with Crippen LogP contribution in [0.25, 0.3) is 0 Å². The molecule has 0 saturated heterocycles. The normalized spacial score (nSPS) is 12.4. The summed E-state index contributed by atoms with van der Waals surface area (Å²) in [5, 5.41) is 3.55. The highest BCUT2D eigenvalue weighted by Gasteiger charge is 2.04. The van der Waals surface area contributed by atoms with Crippen LogP contribution in [0.1, 0.15) is 45.1 Å². The van der Waals surface area contributed by atoms with E-state index in [2.05, 4.69) is 62.3 Å². The van der Waals surface area contributed by atoms with Crippen LogP contribution in [0.2, 0.25) is 0 Å². The quantitative estimate of drug-likeness (QED) is 0.677. The second-order valence-electron chi connectivity index (χ2n) is 5.56. The van der Waals surface area contributed by atoms with E-state index in [1.54, 1.807) is 0 Å². The number of rotatable bonds is 9. The summed E-state index contributed by atoms with van der Waals surface area (Å²) in [7, 11) is 2.20. The Morgan fingerprint density at radius 1 is 1.21 bits per heavy atom. The van der Waals surface area contributed by atoms with Gasteiger partial charge in [0.15, 0.2) is 0 Å². The molecule has 0 aromatic heterocycles. The molecule has 1 N–H and O–H groups in total. The van der Waals surface area contributed by atoms with E-state index in [9.17, 15) is 0 Å². The molecular formula is C17H30N2. The number of hydrogen-bond acceptors (Lipinski definition) is 2. The molecule has 0 aliphatic heterocycles. The first kappa shape index (κ1) is 16.0. The molecule has 0 bridgehead atoms. The molecule has 1 atom stereocenters. The van der Waals surface area contributed by atoms with Gasteiger partial charge in [-0.15, -0.1) is 0 Å². The maximum absolute atomic E-state index is 3.55. The lowest BCUT2D eigenvalue weighted by Gasteiger charge is -2.21. The van der Waals surface area contributed by atoms with Crippen LogP contribution in [0.4, 0.5) is 5.69 Å². The fourth-order valence-corrected chi connectivity index (χ4v) is 2.40. The van der Waals surface area contributed by atoms with E-state index in [1.807, 2.05) is 0 Å². The monoisotopic (exact) mass is 262 g/mol. The van der Waals surface area contributed by atoms with E-state index in [-0.39, 0.29) is 0 Å². The van der Waals surface area contributed by atoms with Crippen molar-refractivity contribution in [2.45, 2.75) is 52.5 Å². The van der Waals surface area contributed by atoms with Gasteiger partial charge in [0, 0.05) is 25.3 Å². The lowest BCUT2D eigenvalue weighted by Crippen LogP contribution is -2.27. The van der Waals surface area contributed by atoms with Crippen molar-refractivity contribution in [1.82, 2.24) is 5.32 Å². The minimum absolute atomic E-state index is 0.656. The van der Waals surface area contributed by atoms with Gasteiger partial charge in [0.1, 0.15) is 0 Å². The zero-order chi connectivity index (χ0) is 14.1. The van der Waals surface area contributed by atoms with Gasteiger partial charge in [-0.05, 0) is 51.3 Å². The average Bonchev–Trinajstić information content (AvgIpc) is 2.41. The molecule has 0 amide bonds. The van der Waals surface area contributed by atoms with Crippen molar-refractivity contribution in [2.75, 3.05) is 25.0 Å². The number of aryl methyl sites for hydroxylation is 1. The van der Waals surface area contributed by atoms with Gasteiger partial charge in [0.2, 0.25) is 0 Å². The Morgan fingerprint density at radius 3 is 2.63 bits per heavy atom. The molecule has 1 aromatic carbocycles. The molecule has 0 radical (unpaired) electrons. The summed E-state index contributed by atoms with van der Waals surface area (Å²) in [6.07, 6.45) is 5.07. The molecule has 0 aliphatic carbocycles. The van der Waals surface area contributed by atoms with Gasteiger partial charge in [0.25, 0.3) is 0 Å². The number of nitrogens with one attached hydrogen (secondary N) is 1. The summed E-state index contributed by atoms with van der Waals surface area (Å²) >= 11 is 0. The highest BCUT2D eigenvalue weighted by Crippen LogP contribution is 2.18. The van der Waals surface area contributed by atoms with E-state index in [4.69, 9.17) is 0 Å². The number of nitrogens with zero attached hydrogens (tertiary/aromatic N) is 1. The van der Waals surface area contributed by atoms with Crippen molar-refractivity contribution in [1.29, 1.82) is 0 Å². The standard InChI is InChI=1S/C17H30N2/c1-5-13-18-16(3)11-8-9-14-19(4)17-12-7-6-10-15(17)2/h6-7,10,12,16,18H,5,8-9,11,13-14H2,1-4H3. The molecule has 19 heavy (non-hydrogen) atoms. The van der Waals surface area contributed by atoms with Crippen LogP contribution in [-0.2, 0) is 0 Å². The van der Waals surface area contributed by atoms with Crippen LogP contribution in [-0.4, -0.2) is 26.2 Å². The Bertz CT molecular complexity index is 349. The van der Waals surface area contributed by atoms with Crippen molar-refractivity contribution in [3.05, 3.63) is 29.8 Å². The van der Waals surface area contributed by atoms with Gasteiger partial charge in [-0.3, -0.25) is 0 Å². The Balaban J connectivity index is 2.21. The Kier molecular flexibility index (Phi) is 7.57. The zero-order valence-electron chi connectivity index (χ0n) is 13.1. The van der Waals surface area contributed by atoms with Gasteiger partial charge < -0.3 is 10.2 Å². The highest BCUT2D eigenvalue weighted by molar-refractivity contribution is 5.52. The maximum Gasteiger partial charge on any atom is 0.0393 e. The van der Waals surface area contributed by atoms with Crippen molar-refractivity contribution < 1.29 is 0 Å². The molecule has 0 fully saturated rings. The van der Waals surface area contributed by atoms with Gasteiger partial charge in [-0.2, -0.15) is 0 Å². The van der Waals surface area contributed by atoms with Gasteiger partial charge in [-0.1, -0.05) is 31.5 Å². The molecule has 1 aromatic rings. The Hall–Kier alpha value is -1.02. The van der Waals surface area contributed by atoms with Crippen LogP contribution in [0.3, 0.4) is 0 Å². The third-order valence-corrected chi connectivity index (χ3v) is 3.65. The molecule has 1 unspecified atom stereocenters. The molecule has 0 saturated carbocycles. The molecule has 108 valence electrons. The van der Waals surface area contributed by atoms with E-state index >= 15 is 0 Å². The molecule has 2 heteroatoms. The molecule has 0 aliphatic rings. The van der Waals surface area contributed by atoms with Crippen LogP contribution >= 0.6 is 0 Å². The first-order chi connectivity index (χ1) is 9.15. The van der Waals surface area contributed by atoms with E-state index in [0.29, 0.717) is 6.04 Å². The number of hydrogen-bond donors (Lipinski definition) is 1. The van der Waals surface area contributed by atoms with Crippen LogP contribution in [0.15, 0.2) is 24.3 Å². The zero-order valence-corrected chi connectivity index (χ0v) is 13.1. The van der Waals surface area contributed by atoms with Gasteiger partial charge in [-0.25, -0.2) is 0 Å². The van der Waals surface area contributed by atoms with Crippen LogP contribution in [0, 0.1) is 6.92 Å². The van der Waals surface area contributed by atoms with Crippen molar-refractivity contribution in [3.8, 4) is 0 Å². The number of benzene rings is 1. The third kappa shape index (κ3) is 6.11. The number of unbranched alkanes of at least 4 members (excludes halogenated alkanes) is 1. The molecule has 2 nitrogen and oxygen atoms in total. The lowest BCUT2D eigenvalue weighted by atomic mass is 10.1. The first-order valence-electron chi connectivity index (χ1n) is 7.65. The fraction of sp³-hybridized carbons (Fsp3) is 0.647. The minimum atomic E-state index is 0.656. The summed E-state index contributed by atoms with van der Waals surface area (Å²) in [5.41, 5.74) is 2.72. The minimum Gasteiger partial charge on any atom is -0.374 e. The smallest absolute Gasteiger partial charge is 0.0393 e. The van der Waals surface area contributed by atoms with Crippen molar-refractivity contribution >= 4 is 5.69 Å². The number of para-hydroxylation sites is 1. The van der Waals surface area contributed by atoms with Crippen LogP contribution in [0.5, 0.6) is 0 Å². The van der Waals surface area contributed by atoms with E-state index < -0.39 is 0 Å². The maximum atomic E-state index is 3.55. The number of anilines is 1. The fourth-order valence-electron chi connectivity index (χ4n) is 2.40. The summed E-state index contributed by atoms with van der Waals surface area (Å²) < 4.78 is 0. The highest BCUT2D eigenvalue weighted by atomic mass is 15.1. The largest absolute Gasteiger partial charge is 0.374 e. The Morgan fingerprint density at radius 2 is 1.95 bits per heavy atom. The second-order valence-corrected chi connectivity index (χ2v) is 5.56. The lowest BCUT2D eigenvalue weighted by molar-refractivity contribution is 0.490. The van der Waals surface area contributed by atoms with Crippen molar-refractivity contribution in [3.63, 3.8) is 0 Å². The van der Waals surface area contributed by atoms with E-state index in [1.165, 1.54) is 36.9 Å². The summed E-state index contributed by atoms with van der Waals surface area (Å²) in [6.45, 7) is 8.98. The van der Waals surface area contributed by atoms with Crippen LogP contribution < -0.4 is 10.2 Å². The second kappa shape index (κ2) is 8.98. The summed E-state index contributed by atoms with van der Waals surface area (Å²) in [6, 6.07) is 9.27. The average molecular weight is 262 g/mol. The molecule has 0 spiro atoms. The van der Waals surface area contributed by atoms with E-state index in [0.717, 1.165) is 13.1 Å². The molecule has 1 rings (SSSR count). The van der Waals surface area contributed by atoms with Gasteiger partial charge >= 0.3 is 0 Å². The topological polar surface area (TPSA) is 15.3 Å². The summed E-state index contributed by atoms with van der Waals surface area (Å²) in [4.78, 5) is 2.37. The summed E-state index contributed by atoms with van der Waals surface area (Å²) in [5.74, 6) is 0. The molecule has 0 heterocycles. The van der Waals surface area contributed by atoms with Gasteiger partial charge in [0.05, 0.1) is 0 Å². The third-order valence-electron chi connectivity index (χ3n) is 3.65. The Labute approximate surface area is 119 Å². The van der Waals surface area contributed by atoms with Crippen molar-refractivity contribution in [2.24, 2.45) is 0 Å². The first-order valence-corrected chi connectivity index (χ1v) is 7.65. The molecular weight excluding hydrogens is 232 g/mol. The SMILES string of the molecule is CCCNC(C)CCCCN(C)c1ccccc1C. The predicted octanol–water partition coefficient (Wildman–Crippen LogP) is 3.99.